The number of aromatic nitrogens is 3. The van der Waals surface area contributed by atoms with Crippen LogP contribution < -0.4 is 10.5 Å². The molecule has 0 aliphatic carbocycles. The minimum absolute atomic E-state index is 0. The summed E-state index contributed by atoms with van der Waals surface area (Å²) in [6.07, 6.45) is -2.29. The van der Waals surface area contributed by atoms with E-state index >= 15 is 0 Å². The van der Waals surface area contributed by atoms with E-state index in [9.17, 15) is 20.2 Å². The molecule has 0 atom stereocenters. The number of hydrogen-bond donors (Lipinski definition) is 1. The largest absolute Gasteiger partial charge is 0.509 e. The van der Waals surface area contributed by atoms with E-state index < -0.39 is 27.8 Å². The van der Waals surface area contributed by atoms with Crippen molar-refractivity contribution in [1.82, 2.24) is 15.0 Å². The third kappa shape index (κ3) is 3.16. The van der Waals surface area contributed by atoms with Gasteiger partial charge in [0, 0.05) is 0 Å². The van der Waals surface area contributed by atoms with Crippen molar-refractivity contribution in [2.45, 2.75) is 6.17 Å². The standard InChI is InChI=1S/C5H6N6O5.H2O/c1-16-5-8-2(7-4(6)9-5)3(10(12)13)11(14)15;/h3H,1H3,(H2,6,7,8,9);1H2. The van der Waals surface area contributed by atoms with Gasteiger partial charge in [-0.1, -0.05) is 0 Å². The first-order valence-electron chi connectivity index (χ1n) is 3.78. The third-order valence-electron chi connectivity index (χ3n) is 1.46. The molecule has 0 amide bonds. The Hall–Kier alpha value is -2.63. The first-order chi connectivity index (χ1) is 7.45. The molecule has 0 bridgehead atoms. The molecule has 1 aromatic heterocycles. The van der Waals surface area contributed by atoms with Crippen LogP contribution in [0.5, 0.6) is 6.01 Å². The van der Waals surface area contributed by atoms with Gasteiger partial charge < -0.3 is 15.9 Å². The Morgan fingerprint density at radius 1 is 1.24 bits per heavy atom. The van der Waals surface area contributed by atoms with Crippen molar-refractivity contribution in [2.75, 3.05) is 12.8 Å². The predicted octanol–water partition coefficient (Wildman–Crippen LogP) is -1.81. The third-order valence-corrected chi connectivity index (χ3v) is 1.46. The first-order valence-corrected chi connectivity index (χ1v) is 3.78. The van der Waals surface area contributed by atoms with Crippen LogP contribution in [-0.2, 0) is 0 Å². The lowest BCUT2D eigenvalue weighted by Gasteiger charge is -2.02. The van der Waals surface area contributed by atoms with Crippen molar-refractivity contribution in [3.63, 3.8) is 0 Å². The molecule has 0 saturated heterocycles. The summed E-state index contributed by atoms with van der Waals surface area (Å²) in [4.78, 5) is 28.7. The number of methoxy groups -OCH3 is 1. The van der Waals surface area contributed by atoms with E-state index in [1.807, 2.05) is 0 Å². The van der Waals surface area contributed by atoms with Crippen LogP contribution in [0.3, 0.4) is 0 Å². The average Bonchev–Trinajstić information content (AvgIpc) is 2.15. The van der Waals surface area contributed by atoms with Gasteiger partial charge >= 0.3 is 12.2 Å². The normalized spacial score (nSPS) is 9.53. The Morgan fingerprint density at radius 3 is 2.18 bits per heavy atom. The molecule has 0 saturated carbocycles. The topological polar surface area (TPSA) is 192 Å². The molecule has 1 heterocycles. The van der Waals surface area contributed by atoms with Crippen LogP contribution in [0.1, 0.15) is 12.0 Å². The Labute approximate surface area is 93.1 Å². The van der Waals surface area contributed by atoms with Crippen molar-refractivity contribution >= 4 is 5.95 Å². The van der Waals surface area contributed by atoms with E-state index in [-0.39, 0.29) is 11.5 Å². The lowest BCUT2D eigenvalue weighted by Crippen LogP contribution is -2.23. The summed E-state index contributed by atoms with van der Waals surface area (Å²) >= 11 is 0. The molecule has 1 aromatic rings. The molecule has 12 nitrogen and oxygen atoms in total. The lowest BCUT2D eigenvalue weighted by molar-refractivity contribution is -0.754. The zero-order valence-electron chi connectivity index (χ0n) is 8.43. The number of nitrogen functional groups attached to an aromatic ring is 1. The second-order valence-electron chi connectivity index (χ2n) is 2.48. The molecular weight excluding hydrogens is 240 g/mol. The Bertz CT molecular complexity index is 423. The molecule has 4 N–H and O–H groups in total. The maximum Gasteiger partial charge on any atom is 0.509 e. The van der Waals surface area contributed by atoms with Crippen molar-refractivity contribution < 1.29 is 20.1 Å². The summed E-state index contributed by atoms with van der Waals surface area (Å²) in [5, 5.41) is 20.9. The van der Waals surface area contributed by atoms with Gasteiger partial charge in [-0.15, -0.1) is 0 Å². The van der Waals surface area contributed by atoms with E-state index in [2.05, 4.69) is 19.7 Å². The van der Waals surface area contributed by atoms with Gasteiger partial charge in [0.2, 0.25) is 5.95 Å². The van der Waals surface area contributed by atoms with Gasteiger partial charge in [0.05, 0.1) is 7.11 Å². The number of hydrogen-bond acceptors (Lipinski definition) is 9. The van der Waals surface area contributed by atoms with Crippen LogP contribution in [0.15, 0.2) is 0 Å². The summed E-state index contributed by atoms with van der Waals surface area (Å²) in [7, 11) is 1.19. The zero-order valence-corrected chi connectivity index (χ0v) is 8.43. The fourth-order valence-corrected chi connectivity index (χ4v) is 0.861. The Kier molecular flexibility index (Phi) is 4.61. The predicted molar refractivity (Wildman–Crippen MR) is 51.1 cm³/mol. The van der Waals surface area contributed by atoms with E-state index in [4.69, 9.17) is 5.73 Å². The van der Waals surface area contributed by atoms with E-state index in [0.29, 0.717) is 0 Å². The molecule has 94 valence electrons. The van der Waals surface area contributed by atoms with Gasteiger partial charge in [-0.3, -0.25) is 20.2 Å². The smallest absolute Gasteiger partial charge is 0.467 e. The van der Waals surface area contributed by atoms with E-state index in [0.717, 1.165) is 0 Å². The zero-order chi connectivity index (χ0) is 12.3. The van der Waals surface area contributed by atoms with E-state index in [1.165, 1.54) is 7.11 Å². The highest BCUT2D eigenvalue weighted by atomic mass is 16.7. The Morgan fingerprint density at radius 2 is 1.76 bits per heavy atom. The Balaban J connectivity index is 0.00000256. The molecule has 0 aliphatic rings. The van der Waals surface area contributed by atoms with Gasteiger partial charge in [0.25, 0.3) is 5.82 Å². The average molecular weight is 248 g/mol. The summed E-state index contributed by atoms with van der Waals surface area (Å²) < 4.78 is 4.56. The molecular formula is C5H8N6O6. The maximum atomic E-state index is 10.4. The summed E-state index contributed by atoms with van der Waals surface area (Å²) in [6.45, 7) is 0. The van der Waals surface area contributed by atoms with Crippen molar-refractivity contribution in [3.05, 3.63) is 26.1 Å². The number of rotatable bonds is 4. The molecule has 0 aromatic carbocycles. The van der Waals surface area contributed by atoms with Crippen LogP contribution in [0.2, 0.25) is 0 Å². The highest BCUT2D eigenvalue weighted by Crippen LogP contribution is 2.15. The van der Waals surface area contributed by atoms with Crippen LogP contribution in [0, 0.1) is 20.2 Å². The minimum Gasteiger partial charge on any atom is -0.467 e. The van der Waals surface area contributed by atoms with Gasteiger partial charge in [0.15, 0.2) is 0 Å². The number of anilines is 1. The van der Waals surface area contributed by atoms with Gasteiger partial charge in [-0.25, -0.2) is 0 Å². The van der Waals surface area contributed by atoms with Crippen LogP contribution in [0.25, 0.3) is 0 Å². The molecule has 12 heteroatoms. The van der Waals surface area contributed by atoms with Crippen molar-refractivity contribution in [2.24, 2.45) is 0 Å². The fourth-order valence-electron chi connectivity index (χ4n) is 0.861. The van der Waals surface area contributed by atoms with Gasteiger partial charge in [0.1, 0.15) is 9.85 Å². The summed E-state index contributed by atoms with van der Waals surface area (Å²) in [6, 6.07) is -0.323. The molecule has 1 rings (SSSR count). The highest BCUT2D eigenvalue weighted by Gasteiger charge is 2.39. The summed E-state index contributed by atoms with van der Waals surface area (Å²) in [5.41, 5.74) is 5.19. The SMILES string of the molecule is COc1nc(N)nc(C([N+](=O)[O-])[N+](=O)[O-])n1.O. The van der Waals surface area contributed by atoms with Crippen LogP contribution in [-0.4, -0.2) is 37.4 Å². The van der Waals surface area contributed by atoms with Crippen LogP contribution in [0.4, 0.5) is 5.95 Å². The van der Waals surface area contributed by atoms with Gasteiger partial charge in [-0.2, -0.15) is 15.0 Å². The molecule has 0 spiro atoms. The molecule has 0 fully saturated rings. The number of nitro groups is 2. The molecule has 0 radical (unpaired) electrons. The monoisotopic (exact) mass is 248 g/mol. The molecule has 0 aliphatic heterocycles. The summed E-state index contributed by atoms with van der Waals surface area (Å²) in [5.74, 6) is -1.07. The number of nitrogens with zero attached hydrogens (tertiary/aromatic N) is 5. The maximum absolute atomic E-state index is 10.4. The minimum atomic E-state index is -2.29. The second-order valence-corrected chi connectivity index (χ2v) is 2.48. The van der Waals surface area contributed by atoms with Crippen LogP contribution >= 0.6 is 0 Å². The highest BCUT2D eigenvalue weighted by molar-refractivity contribution is 5.18. The fraction of sp³-hybridized carbons (Fsp3) is 0.400. The first kappa shape index (κ1) is 14.4. The second kappa shape index (κ2) is 5.45. The molecule has 0 unspecified atom stereocenters. The molecule has 17 heavy (non-hydrogen) atoms. The number of ether oxygens (including phenoxy) is 1. The van der Waals surface area contributed by atoms with Crippen molar-refractivity contribution in [1.29, 1.82) is 0 Å². The quantitative estimate of drug-likeness (QED) is 0.363. The van der Waals surface area contributed by atoms with Crippen molar-refractivity contribution in [3.8, 4) is 6.01 Å². The lowest BCUT2D eigenvalue weighted by atomic mass is 10.5. The number of nitrogens with two attached hydrogens (primary N) is 1. The van der Waals surface area contributed by atoms with Gasteiger partial charge in [-0.05, 0) is 0 Å². The van der Waals surface area contributed by atoms with E-state index in [1.54, 1.807) is 0 Å².